The second kappa shape index (κ2) is 11.1. The summed E-state index contributed by atoms with van der Waals surface area (Å²) >= 11 is 1.51. The first kappa shape index (κ1) is 22.9. The van der Waals surface area contributed by atoms with Gasteiger partial charge in [0, 0.05) is 15.4 Å². The van der Waals surface area contributed by atoms with Gasteiger partial charge in [-0.3, -0.25) is 0 Å². The Morgan fingerprint density at radius 2 is 1.59 bits per heavy atom. The summed E-state index contributed by atoms with van der Waals surface area (Å²) in [4.78, 5) is 4.16. The van der Waals surface area contributed by atoms with E-state index in [2.05, 4.69) is 10.0 Å². The fourth-order valence-corrected chi connectivity index (χ4v) is 5.34. The van der Waals surface area contributed by atoms with Gasteiger partial charge >= 0.3 is 0 Å². The highest BCUT2D eigenvalue weighted by Crippen LogP contribution is 2.41. The summed E-state index contributed by atoms with van der Waals surface area (Å²) in [5.74, 6) is 0. The molecular weight excluding hydrogens is 450 g/mol. The van der Waals surface area contributed by atoms with Crippen molar-refractivity contribution in [2.45, 2.75) is 47.6 Å². The molecule has 0 spiro atoms. The molecule has 174 valence electrons. The van der Waals surface area contributed by atoms with Crippen molar-refractivity contribution in [3.63, 3.8) is 0 Å². The monoisotopic (exact) mass is 475 g/mol. The van der Waals surface area contributed by atoms with Crippen molar-refractivity contribution in [3.05, 3.63) is 113 Å². The third kappa shape index (κ3) is 5.28. The fourth-order valence-electron chi connectivity index (χ4n) is 4.21. The van der Waals surface area contributed by atoms with Crippen LogP contribution in [0.5, 0.6) is 0 Å². The lowest BCUT2D eigenvalue weighted by Crippen LogP contribution is -2.61. The van der Waals surface area contributed by atoms with Crippen LogP contribution in [0.1, 0.15) is 17.4 Å². The number of azide groups is 1. The van der Waals surface area contributed by atoms with Crippen molar-refractivity contribution >= 4 is 11.8 Å². The molecule has 8 heteroatoms. The summed E-state index contributed by atoms with van der Waals surface area (Å²) in [6.07, 6.45) is -1.86. The zero-order valence-electron chi connectivity index (χ0n) is 18.4. The van der Waals surface area contributed by atoms with Crippen LogP contribution in [-0.2, 0) is 25.6 Å². The number of hydrogen-bond acceptors (Lipinski definition) is 6. The Bertz CT molecular complexity index is 1100. The molecule has 34 heavy (non-hydrogen) atoms. The molecule has 2 heterocycles. The van der Waals surface area contributed by atoms with Crippen molar-refractivity contribution in [1.82, 2.24) is 0 Å². The van der Waals surface area contributed by atoms with Gasteiger partial charge in [0.1, 0.15) is 23.7 Å². The van der Waals surface area contributed by atoms with E-state index in [1.807, 2.05) is 91.0 Å². The van der Waals surface area contributed by atoms with Crippen LogP contribution in [0.25, 0.3) is 10.4 Å². The molecule has 6 atom stereocenters. The zero-order valence-corrected chi connectivity index (χ0v) is 19.2. The van der Waals surface area contributed by atoms with E-state index in [0.29, 0.717) is 13.2 Å². The smallest absolute Gasteiger partial charge is 0.184 e. The van der Waals surface area contributed by atoms with Crippen LogP contribution >= 0.6 is 11.8 Å². The molecule has 3 aromatic rings. The lowest BCUT2D eigenvalue weighted by Gasteiger charge is -2.48. The average molecular weight is 476 g/mol. The summed E-state index contributed by atoms with van der Waals surface area (Å²) in [6, 6.07) is 29.0. The minimum Gasteiger partial charge on any atom is -0.370 e. The normalized spacial score (nSPS) is 28.5. The molecule has 0 N–H and O–H groups in total. The maximum Gasteiger partial charge on any atom is 0.184 e. The number of fused-ring (bicyclic) bond motifs is 1. The predicted molar refractivity (Wildman–Crippen MR) is 129 cm³/mol. The maximum absolute atomic E-state index is 9.40. The van der Waals surface area contributed by atoms with Crippen molar-refractivity contribution < 1.29 is 18.9 Å². The molecule has 0 aromatic heterocycles. The highest BCUT2D eigenvalue weighted by Gasteiger charge is 2.50. The molecule has 5 rings (SSSR count). The van der Waals surface area contributed by atoms with Gasteiger partial charge in [-0.25, -0.2) is 0 Å². The van der Waals surface area contributed by atoms with Crippen molar-refractivity contribution in [2.24, 2.45) is 5.11 Å². The first-order valence-electron chi connectivity index (χ1n) is 11.2. The maximum atomic E-state index is 9.40. The predicted octanol–water partition coefficient (Wildman–Crippen LogP) is 5.88. The first-order valence-corrected chi connectivity index (χ1v) is 12.1. The lowest BCUT2D eigenvalue weighted by atomic mass is 9.97. The Kier molecular flexibility index (Phi) is 7.46. The van der Waals surface area contributed by atoms with E-state index in [4.69, 9.17) is 18.9 Å². The molecule has 7 nitrogen and oxygen atoms in total. The molecule has 2 aliphatic heterocycles. The summed E-state index contributed by atoms with van der Waals surface area (Å²) in [6.45, 7) is 0.722. The van der Waals surface area contributed by atoms with Crippen LogP contribution in [0.15, 0.2) is 101 Å². The van der Waals surface area contributed by atoms with Gasteiger partial charge in [0.2, 0.25) is 0 Å². The molecule has 3 unspecified atom stereocenters. The Hall–Kier alpha value is -2.84. The highest BCUT2D eigenvalue weighted by atomic mass is 32.2. The third-order valence-electron chi connectivity index (χ3n) is 5.84. The standard InChI is InChI=1S/C26H25N3O4S/c27-29-28-22-24(30-16-18-10-4-1-5-11-18)23-21(32-26(22)34-20-14-8-3-9-15-20)17-31-25(33-23)19-12-6-2-7-13-19/h1-15,21-26H,16-17H2/t21?,22-,23?,24-,25-,26?/m1/s1. The van der Waals surface area contributed by atoms with Gasteiger partial charge < -0.3 is 18.9 Å². The summed E-state index contributed by atoms with van der Waals surface area (Å²) in [5, 5.41) is 4.13. The minimum absolute atomic E-state index is 0.351. The molecule has 0 bridgehead atoms. The van der Waals surface area contributed by atoms with Crippen LogP contribution in [0, 0.1) is 0 Å². The fraction of sp³-hybridized carbons (Fsp3) is 0.308. The number of thioether (sulfide) groups is 1. The van der Waals surface area contributed by atoms with Gasteiger partial charge in [-0.05, 0) is 23.2 Å². The van der Waals surface area contributed by atoms with Crippen LogP contribution < -0.4 is 0 Å². The largest absolute Gasteiger partial charge is 0.370 e. The van der Waals surface area contributed by atoms with Crippen molar-refractivity contribution in [2.75, 3.05) is 6.61 Å². The van der Waals surface area contributed by atoms with Gasteiger partial charge in [0.15, 0.2) is 6.29 Å². The molecular formula is C26H25N3O4S. The van der Waals surface area contributed by atoms with E-state index < -0.39 is 30.0 Å². The molecule has 3 aromatic carbocycles. The number of rotatable bonds is 7. The minimum atomic E-state index is -0.588. The molecule has 0 radical (unpaired) electrons. The Labute approximate surface area is 202 Å². The second-order valence-corrected chi connectivity index (χ2v) is 9.28. The summed E-state index contributed by atoms with van der Waals surface area (Å²) < 4.78 is 25.2. The zero-order chi connectivity index (χ0) is 23.2. The van der Waals surface area contributed by atoms with E-state index in [9.17, 15) is 5.53 Å². The van der Waals surface area contributed by atoms with E-state index in [1.54, 1.807) is 0 Å². The SMILES string of the molecule is [N-]=[N+]=N[C@H]1C(Sc2ccccc2)OC2CO[C@@H](c3ccccc3)OC2[C@@H]1OCc1ccccc1. The average Bonchev–Trinajstić information content (AvgIpc) is 2.90. The second-order valence-electron chi connectivity index (χ2n) is 8.11. The van der Waals surface area contributed by atoms with Crippen molar-refractivity contribution in [3.8, 4) is 0 Å². The van der Waals surface area contributed by atoms with E-state index in [0.717, 1.165) is 16.0 Å². The van der Waals surface area contributed by atoms with Crippen LogP contribution in [0.3, 0.4) is 0 Å². The highest BCUT2D eigenvalue weighted by molar-refractivity contribution is 7.99. The third-order valence-corrected chi connectivity index (χ3v) is 7.01. The lowest BCUT2D eigenvalue weighted by molar-refractivity contribution is -0.311. The first-order chi connectivity index (χ1) is 16.8. The van der Waals surface area contributed by atoms with Gasteiger partial charge in [-0.1, -0.05) is 95.7 Å². The number of benzene rings is 3. The number of nitrogens with zero attached hydrogens (tertiary/aromatic N) is 3. The van der Waals surface area contributed by atoms with Gasteiger partial charge in [0.25, 0.3) is 0 Å². The molecule has 2 aliphatic rings. The van der Waals surface area contributed by atoms with Crippen molar-refractivity contribution in [1.29, 1.82) is 0 Å². The van der Waals surface area contributed by atoms with Crippen LogP contribution in [-0.4, -0.2) is 36.4 Å². The molecule has 0 saturated carbocycles. The molecule has 2 fully saturated rings. The molecule has 2 saturated heterocycles. The quantitative estimate of drug-likeness (QED) is 0.242. The van der Waals surface area contributed by atoms with Crippen LogP contribution in [0.4, 0.5) is 0 Å². The summed E-state index contributed by atoms with van der Waals surface area (Å²) in [5.41, 5.74) is 10.9. The number of ether oxygens (including phenoxy) is 4. The van der Waals surface area contributed by atoms with Crippen LogP contribution in [0.2, 0.25) is 0 Å². The Morgan fingerprint density at radius 1 is 0.912 bits per heavy atom. The van der Waals surface area contributed by atoms with E-state index in [-0.39, 0.29) is 6.10 Å². The Morgan fingerprint density at radius 3 is 2.29 bits per heavy atom. The van der Waals surface area contributed by atoms with E-state index in [1.165, 1.54) is 11.8 Å². The Balaban J connectivity index is 1.43. The summed E-state index contributed by atoms with van der Waals surface area (Å²) in [7, 11) is 0. The van der Waals surface area contributed by atoms with Gasteiger partial charge in [-0.15, -0.1) is 0 Å². The van der Waals surface area contributed by atoms with Gasteiger partial charge in [0.05, 0.1) is 19.3 Å². The van der Waals surface area contributed by atoms with Gasteiger partial charge in [-0.2, -0.15) is 0 Å². The molecule has 0 amide bonds. The van der Waals surface area contributed by atoms with E-state index >= 15 is 0 Å². The molecule has 0 aliphatic carbocycles. The topological polar surface area (TPSA) is 85.7 Å². The number of hydrogen-bond donors (Lipinski definition) is 0.